The number of aliphatic hydroxyl groups is 1. The van der Waals surface area contributed by atoms with Crippen LogP contribution in [0.2, 0.25) is 0 Å². The van der Waals surface area contributed by atoms with E-state index in [2.05, 4.69) is 4.98 Å². The maximum atomic E-state index is 14.0. The van der Waals surface area contributed by atoms with Crippen LogP contribution in [0.4, 0.5) is 4.39 Å². The lowest BCUT2D eigenvalue weighted by Gasteiger charge is -2.14. The van der Waals surface area contributed by atoms with Crippen LogP contribution in [0.1, 0.15) is 22.9 Å². The number of nitrogens with zero attached hydrogens (tertiary/aromatic N) is 1. The van der Waals surface area contributed by atoms with Crippen LogP contribution < -0.4 is 4.74 Å². The molecule has 0 aliphatic heterocycles. The minimum atomic E-state index is -1.10. The van der Waals surface area contributed by atoms with Gasteiger partial charge in [-0.2, -0.15) is 0 Å². The highest BCUT2D eigenvalue weighted by Crippen LogP contribution is 2.29. The summed E-state index contributed by atoms with van der Waals surface area (Å²) in [5.74, 6) is -0.447. The highest BCUT2D eigenvalue weighted by Gasteiger charge is 2.20. The summed E-state index contributed by atoms with van der Waals surface area (Å²) in [5.41, 5.74) is 1.42. The number of hydrogen-bond donors (Lipinski definition) is 1. The van der Waals surface area contributed by atoms with Gasteiger partial charge in [-0.05, 0) is 24.6 Å². The minimum Gasteiger partial charge on any atom is -0.494 e. The molecule has 0 radical (unpaired) electrons. The topological polar surface area (TPSA) is 42.4 Å². The number of rotatable bonds is 3. The van der Waals surface area contributed by atoms with Gasteiger partial charge in [0.05, 0.1) is 12.8 Å². The lowest BCUT2D eigenvalue weighted by Crippen LogP contribution is -2.07. The Morgan fingerprint density at radius 3 is 2.72 bits per heavy atom. The second-order valence-electron chi connectivity index (χ2n) is 3.97. The Bertz CT molecular complexity index is 557. The SMILES string of the molecule is COc1cccc(C(O)c2ncccc2C)c1F. The van der Waals surface area contributed by atoms with E-state index in [0.717, 1.165) is 5.56 Å². The molecule has 0 aliphatic rings. The van der Waals surface area contributed by atoms with Gasteiger partial charge >= 0.3 is 0 Å². The van der Waals surface area contributed by atoms with E-state index < -0.39 is 11.9 Å². The molecular formula is C14H14FNO2. The van der Waals surface area contributed by atoms with Gasteiger partial charge in [-0.15, -0.1) is 0 Å². The van der Waals surface area contributed by atoms with Crippen LogP contribution >= 0.6 is 0 Å². The predicted octanol–water partition coefficient (Wildman–Crippen LogP) is 2.62. The van der Waals surface area contributed by atoms with E-state index in [1.54, 1.807) is 18.3 Å². The van der Waals surface area contributed by atoms with E-state index in [0.29, 0.717) is 5.69 Å². The van der Waals surface area contributed by atoms with Gasteiger partial charge in [-0.3, -0.25) is 4.98 Å². The van der Waals surface area contributed by atoms with Crippen molar-refractivity contribution in [2.45, 2.75) is 13.0 Å². The number of aliphatic hydroxyl groups excluding tert-OH is 1. The van der Waals surface area contributed by atoms with Crippen LogP contribution in [-0.4, -0.2) is 17.2 Å². The molecule has 0 bridgehead atoms. The van der Waals surface area contributed by atoms with Crippen molar-refractivity contribution in [1.29, 1.82) is 0 Å². The first kappa shape index (κ1) is 12.5. The number of pyridine rings is 1. The maximum Gasteiger partial charge on any atom is 0.171 e. The molecule has 1 N–H and O–H groups in total. The first-order chi connectivity index (χ1) is 8.65. The third kappa shape index (κ3) is 2.19. The summed E-state index contributed by atoms with van der Waals surface area (Å²) in [6.07, 6.45) is 0.477. The molecule has 3 nitrogen and oxygen atoms in total. The predicted molar refractivity (Wildman–Crippen MR) is 66.0 cm³/mol. The average molecular weight is 247 g/mol. The molecule has 94 valence electrons. The molecule has 1 aromatic heterocycles. The van der Waals surface area contributed by atoms with E-state index in [4.69, 9.17) is 4.74 Å². The normalized spacial score (nSPS) is 12.2. The summed E-state index contributed by atoms with van der Waals surface area (Å²) in [4.78, 5) is 4.09. The molecular weight excluding hydrogens is 233 g/mol. The largest absolute Gasteiger partial charge is 0.494 e. The van der Waals surface area contributed by atoms with Gasteiger partial charge in [0.15, 0.2) is 11.6 Å². The first-order valence-corrected chi connectivity index (χ1v) is 5.57. The van der Waals surface area contributed by atoms with E-state index in [1.165, 1.54) is 19.2 Å². The van der Waals surface area contributed by atoms with Crippen LogP contribution in [0, 0.1) is 12.7 Å². The monoisotopic (exact) mass is 247 g/mol. The second-order valence-corrected chi connectivity index (χ2v) is 3.97. The molecule has 0 fully saturated rings. The maximum absolute atomic E-state index is 14.0. The van der Waals surface area contributed by atoms with Gasteiger partial charge in [-0.25, -0.2) is 4.39 Å². The summed E-state index contributed by atoms with van der Waals surface area (Å²) in [5, 5.41) is 10.2. The average Bonchev–Trinajstić information content (AvgIpc) is 2.39. The zero-order valence-electron chi connectivity index (χ0n) is 10.2. The fraction of sp³-hybridized carbons (Fsp3) is 0.214. The molecule has 0 saturated heterocycles. The van der Waals surface area contributed by atoms with Crippen LogP contribution in [-0.2, 0) is 0 Å². The molecule has 1 unspecified atom stereocenters. The zero-order valence-corrected chi connectivity index (χ0v) is 10.2. The molecule has 0 spiro atoms. The third-order valence-corrected chi connectivity index (χ3v) is 2.82. The fourth-order valence-electron chi connectivity index (χ4n) is 1.83. The van der Waals surface area contributed by atoms with Gasteiger partial charge < -0.3 is 9.84 Å². The summed E-state index contributed by atoms with van der Waals surface area (Å²) < 4.78 is 18.9. The first-order valence-electron chi connectivity index (χ1n) is 5.57. The van der Waals surface area contributed by atoms with Gasteiger partial charge in [0.25, 0.3) is 0 Å². The van der Waals surface area contributed by atoms with Crippen molar-refractivity contribution in [1.82, 2.24) is 4.98 Å². The van der Waals surface area contributed by atoms with Crippen molar-refractivity contribution in [2.24, 2.45) is 0 Å². The summed E-state index contributed by atoms with van der Waals surface area (Å²) >= 11 is 0. The highest BCUT2D eigenvalue weighted by molar-refractivity contribution is 5.37. The number of methoxy groups -OCH3 is 1. The fourth-order valence-corrected chi connectivity index (χ4v) is 1.83. The van der Waals surface area contributed by atoms with E-state index in [1.807, 2.05) is 13.0 Å². The lowest BCUT2D eigenvalue weighted by molar-refractivity contribution is 0.207. The zero-order chi connectivity index (χ0) is 13.1. The molecule has 2 aromatic rings. The van der Waals surface area contributed by atoms with Crippen LogP contribution in [0.5, 0.6) is 5.75 Å². The molecule has 4 heteroatoms. The number of ether oxygens (including phenoxy) is 1. The van der Waals surface area contributed by atoms with E-state index in [9.17, 15) is 9.50 Å². The van der Waals surface area contributed by atoms with Crippen LogP contribution in [0.15, 0.2) is 36.5 Å². The molecule has 2 rings (SSSR count). The van der Waals surface area contributed by atoms with Crippen molar-refractivity contribution in [3.63, 3.8) is 0 Å². The van der Waals surface area contributed by atoms with Gasteiger partial charge in [-0.1, -0.05) is 18.2 Å². The number of aromatic nitrogens is 1. The molecule has 1 aromatic carbocycles. The molecule has 1 atom stereocenters. The molecule has 0 aliphatic carbocycles. The van der Waals surface area contributed by atoms with Gasteiger partial charge in [0.1, 0.15) is 6.10 Å². The van der Waals surface area contributed by atoms with Crippen LogP contribution in [0.25, 0.3) is 0 Å². The molecule has 18 heavy (non-hydrogen) atoms. The van der Waals surface area contributed by atoms with Crippen molar-refractivity contribution < 1.29 is 14.2 Å². The van der Waals surface area contributed by atoms with Crippen LogP contribution in [0.3, 0.4) is 0 Å². The van der Waals surface area contributed by atoms with Crippen molar-refractivity contribution in [2.75, 3.05) is 7.11 Å². The Hall–Kier alpha value is -1.94. The van der Waals surface area contributed by atoms with Crippen molar-refractivity contribution >= 4 is 0 Å². The smallest absolute Gasteiger partial charge is 0.171 e. The van der Waals surface area contributed by atoms with E-state index >= 15 is 0 Å². The number of halogens is 1. The van der Waals surface area contributed by atoms with Crippen molar-refractivity contribution in [3.05, 3.63) is 59.2 Å². The molecule has 1 heterocycles. The minimum absolute atomic E-state index is 0.111. The van der Waals surface area contributed by atoms with Gasteiger partial charge in [0.2, 0.25) is 0 Å². The Balaban J connectivity index is 2.47. The Morgan fingerprint density at radius 2 is 2.06 bits per heavy atom. The summed E-state index contributed by atoms with van der Waals surface area (Å²) in [6.45, 7) is 1.82. The number of aryl methyl sites for hydroxylation is 1. The standard InChI is InChI=1S/C14H14FNO2/c1-9-5-4-8-16-13(9)14(17)10-6-3-7-11(18-2)12(10)15/h3-8,14,17H,1-2H3. The summed E-state index contributed by atoms with van der Waals surface area (Å²) in [7, 11) is 1.39. The Labute approximate surface area is 105 Å². The number of benzene rings is 1. The molecule has 0 saturated carbocycles. The van der Waals surface area contributed by atoms with Gasteiger partial charge in [0, 0.05) is 11.8 Å². The second kappa shape index (κ2) is 5.14. The molecule has 0 amide bonds. The third-order valence-electron chi connectivity index (χ3n) is 2.82. The number of hydrogen-bond acceptors (Lipinski definition) is 3. The summed E-state index contributed by atoms with van der Waals surface area (Å²) in [6, 6.07) is 8.27. The lowest BCUT2D eigenvalue weighted by atomic mass is 10.0. The highest BCUT2D eigenvalue weighted by atomic mass is 19.1. The Morgan fingerprint density at radius 1 is 1.28 bits per heavy atom. The quantitative estimate of drug-likeness (QED) is 0.906. The van der Waals surface area contributed by atoms with E-state index in [-0.39, 0.29) is 11.3 Å². The Kier molecular flexibility index (Phi) is 3.58. The van der Waals surface area contributed by atoms with Crippen molar-refractivity contribution in [3.8, 4) is 5.75 Å².